The van der Waals surface area contributed by atoms with Crippen molar-refractivity contribution >= 4 is 26.0 Å². The summed E-state index contributed by atoms with van der Waals surface area (Å²) in [5.41, 5.74) is 0.683. The van der Waals surface area contributed by atoms with E-state index in [9.17, 15) is 8.42 Å². The van der Waals surface area contributed by atoms with Gasteiger partial charge < -0.3 is 5.11 Å². The number of sulfonamides is 1. The van der Waals surface area contributed by atoms with Crippen LogP contribution in [-0.2, 0) is 16.6 Å². The zero-order valence-corrected chi connectivity index (χ0v) is 13.7. The number of hydrogen-bond donors (Lipinski definition) is 1. The van der Waals surface area contributed by atoms with E-state index < -0.39 is 10.0 Å². The molecule has 0 saturated carbocycles. The Bertz CT molecular complexity index is 517. The number of aliphatic hydroxyl groups excluding tert-OH is 1. The standard InChI is InChI=1S/C13H20BrNO3S/c1-3-5-8-15(4-2)19(17,18)13-7-6-11(10-16)9-12(13)14/h6-7,9,16H,3-5,8,10H2,1-2H3. The molecule has 0 heterocycles. The van der Waals surface area contributed by atoms with Crippen LogP contribution in [0.25, 0.3) is 0 Å². The van der Waals surface area contributed by atoms with Crippen LogP contribution in [0, 0.1) is 0 Å². The lowest BCUT2D eigenvalue weighted by Gasteiger charge is -2.21. The molecule has 0 radical (unpaired) electrons. The third-order valence-electron chi connectivity index (χ3n) is 2.91. The van der Waals surface area contributed by atoms with Crippen molar-refractivity contribution in [3.8, 4) is 0 Å². The van der Waals surface area contributed by atoms with Crippen LogP contribution in [0.1, 0.15) is 32.3 Å². The number of benzene rings is 1. The molecule has 4 nitrogen and oxygen atoms in total. The topological polar surface area (TPSA) is 57.6 Å². The third kappa shape index (κ3) is 4.02. The van der Waals surface area contributed by atoms with Crippen LogP contribution in [0.3, 0.4) is 0 Å². The highest BCUT2D eigenvalue weighted by Crippen LogP contribution is 2.26. The summed E-state index contributed by atoms with van der Waals surface area (Å²) in [6.45, 7) is 4.75. The maximum absolute atomic E-state index is 12.5. The number of aliphatic hydroxyl groups is 1. The summed E-state index contributed by atoms with van der Waals surface area (Å²) >= 11 is 3.27. The fourth-order valence-electron chi connectivity index (χ4n) is 1.77. The number of rotatable bonds is 7. The minimum absolute atomic E-state index is 0.105. The third-order valence-corrected chi connectivity index (χ3v) is 5.86. The molecule has 108 valence electrons. The van der Waals surface area contributed by atoms with Gasteiger partial charge in [0, 0.05) is 17.6 Å². The van der Waals surface area contributed by atoms with Gasteiger partial charge in [-0.1, -0.05) is 26.3 Å². The molecule has 1 N–H and O–H groups in total. The lowest BCUT2D eigenvalue weighted by molar-refractivity contribution is 0.281. The van der Waals surface area contributed by atoms with E-state index in [0.29, 0.717) is 23.1 Å². The number of unbranched alkanes of at least 4 members (excludes halogenated alkanes) is 1. The van der Waals surface area contributed by atoms with E-state index in [1.54, 1.807) is 18.2 Å². The molecule has 0 unspecified atom stereocenters. The molecule has 1 aromatic rings. The zero-order chi connectivity index (χ0) is 14.5. The zero-order valence-electron chi connectivity index (χ0n) is 11.3. The summed E-state index contributed by atoms with van der Waals surface area (Å²) in [5, 5.41) is 9.05. The average Bonchev–Trinajstić information content (AvgIpc) is 2.38. The molecule has 0 aliphatic heterocycles. The summed E-state index contributed by atoms with van der Waals surface area (Å²) in [5.74, 6) is 0. The molecule has 0 amide bonds. The van der Waals surface area contributed by atoms with Gasteiger partial charge in [-0.05, 0) is 40.0 Å². The lowest BCUT2D eigenvalue weighted by Crippen LogP contribution is -2.32. The Labute approximate surface area is 123 Å². The number of halogens is 1. The van der Waals surface area contributed by atoms with Gasteiger partial charge >= 0.3 is 0 Å². The molecule has 1 aromatic carbocycles. The summed E-state index contributed by atoms with van der Waals surface area (Å²) < 4.78 is 27.0. The van der Waals surface area contributed by atoms with Crippen LogP contribution in [0.4, 0.5) is 0 Å². The molecule has 19 heavy (non-hydrogen) atoms. The first-order chi connectivity index (χ1) is 8.97. The van der Waals surface area contributed by atoms with Crippen molar-refractivity contribution < 1.29 is 13.5 Å². The van der Waals surface area contributed by atoms with Crippen molar-refractivity contribution in [2.24, 2.45) is 0 Å². The Morgan fingerprint density at radius 2 is 2.00 bits per heavy atom. The monoisotopic (exact) mass is 349 g/mol. The van der Waals surface area contributed by atoms with Crippen LogP contribution in [0.2, 0.25) is 0 Å². The molecule has 0 atom stereocenters. The van der Waals surface area contributed by atoms with E-state index in [2.05, 4.69) is 15.9 Å². The second kappa shape index (κ2) is 7.38. The second-order valence-electron chi connectivity index (χ2n) is 4.27. The first-order valence-corrected chi connectivity index (χ1v) is 8.60. The summed E-state index contributed by atoms with van der Waals surface area (Å²) in [4.78, 5) is 0.252. The van der Waals surface area contributed by atoms with Crippen LogP contribution in [0.15, 0.2) is 27.6 Å². The molecular formula is C13H20BrNO3S. The maximum atomic E-state index is 12.5. The van der Waals surface area contributed by atoms with E-state index in [0.717, 1.165) is 12.8 Å². The van der Waals surface area contributed by atoms with E-state index in [1.165, 1.54) is 4.31 Å². The van der Waals surface area contributed by atoms with Gasteiger partial charge in [-0.25, -0.2) is 8.42 Å². The SMILES string of the molecule is CCCCN(CC)S(=O)(=O)c1ccc(CO)cc1Br. The van der Waals surface area contributed by atoms with Gasteiger partial charge in [0.15, 0.2) is 0 Å². The smallest absolute Gasteiger partial charge is 0.244 e. The fourth-order valence-corrected chi connectivity index (χ4v) is 4.35. The Balaban J connectivity index is 3.11. The highest BCUT2D eigenvalue weighted by atomic mass is 79.9. The second-order valence-corrected chi connectivity index (χ2v) is 7.03. The Hall–Kier alpha value is -0.430. The molecule has 0 aliphatic rings. The van der Waals surface area contributed by atoms with Crippen molar-refractivity contribution in [3.63, 3.8) is 0 Å². The highest BCUT2D eigenvalue weighted by molar-refractivity contribution is 9.10. The molecule has 0 fully saturated rings. The molecule has 0 saturated heterocycles. The van der Waals surface area contributed by atoms with Crippen molar-refractivity contribution in [2.75, 3.05) is 13.1 Å². The molecule has 0 aliphatic carbocycles. The first-order valence-electron chi connectivity index (χ1n) is 6.36. The molecule has 0 bridgehead atoms. The van der Waals surface area contributed by atoms with E-state index in [1.807, 2.05) is 13.8 Å². The van der Waals surface area contributed by atoms with Crippen LogP contribution in [0.5, 0.6) is 0 Å². The van der Waals surface area contributed by atoms with Gasteiger partial charge in [0.1, 0.15) is 0 Å². The van der Waals surface area contributed by atoms with Crippen LogP contribution >= 0.6 is 15.9 Å². The van der Waals surface area contributed by atoms with Gasteiger partial charge in [0.05, 0.1) is 11.5 Å². The largest absolute Gasteiger partial charge is 0.392 e. The minimum Gasteiger partial charge on any atom is -0.392 e. The Kier molecular flexibility index (Phi) is 6.46. The first kappa shape index (κ1) is 16.6. The summed E-state index contributed by atoms with van der Waals surface area (Å²) in [6.07, 6.45) is 1.80. The van der Waals surface area contributed by atoms with Crippen LogP contribution in [-0.4, -0.2) is 30.9 Å². The maximum Gasteiger partial charge on any atom is 0.244 e. The highest BCUT2D eigenvalue weighted by Gasteiger charge is 2.24. The van der Waals surface area contributed by atoms with Crippen molar-refractivity contribution in [3.05, 3.63) is 28.2 Å². The van der Waals surface area contributed by atoms with E-state index in [4.69, 9.17) is 5.11 Å². The average molecular weight is 350 g/mol. The van der Waals surface area contributed by atoms with Gasteiger partial charge in [-0.3, -0.25) is 0 Å². The fraction of sp³-hybridized carbons (Fsp3) is 0.538. The molecule has 0 aromatic heterocycles. The Morgan fingerprint density at radius 3 is 2.47 bits per heavy atom. The van der Waals surface area contributed by atoms with Crippen molar-refractivity contribution in [2.45, 2.75) is 38.2 Å². The van der Waals surface area contributed by atoms with Gasteiger partial charge in [0.25, 0.3) is 0 Å². The number of nitrogens with zero attached hydrogens (tertiary/aromatic N) is 1. The normalized spacial score (nSPS) is 12.1. The van der Waals surface area contributed by atoms with Crippen LogP contribution < -0.4 is 0 Å². The predicted octanol–water partition coefficient (Wildman–Crippen LogP) is 2.75. The predicted molar refractivity (Wildman–Crippen MR) is 79.4 cm³/mol. The Morgan fingerprint density at radius 1 is 1.32 bits per heavy atom. The minimum atomic E-state index is -3.47. The van der Waals surface area contributed by atoms with E-state index >= 15 is 0 Å². The molecule has 1 rings (SSSR count). The molecule has 0 spiro atoms. The summed E-state index contributed by atoms with van der Waals surface area (Å²) in [6, 6.07) is 4.81. The van der Waals surface area contributed by atoms with E-state index in [-0.39, 0.29) is 11.5 Å². The molecule has 6 heteroatoms. The lowest BCUT2D eigenvalue weighted by atomic mass is 10.2. The quantitative estimate of drug-likeness (QED) is 0.823. The van der Waals surface area contributed by atoms with Crippen molar-refractivity contribution in [1.82, 2.24) is 4.31 Å². The van der Waals surface area contributed by atoms with Gasteiger partial charge in [-0.2, -0.15) is 4.31 Å². The molecular weight excluding hydrogens is 330 g/mol. The number of hydrogen-bond acceptors (Lipinski definition) is 3. The van der Waals surface area contributed by atoms with Gasteiger partial charge in [0.2, 0.25) is 10.0 Å². The van der Waals surface area contributed by atoms with Crippen molar-refractivity contribution in [1.29, 1.82) is 0 Å². The van der Waals surface area contributed by atoms with Gasteiger partial charge in [-0.15, -0.1) is 0 Å². The summed E-state index contributed by atoms with van der Waals surface area (Å²) in [7, 11) is -3.47.